The van der Waals surface area contributed by atoms with E-state index in [-0.39, 0.29) is 12.6 Å². The van der Waals surface area contributed by atoms with Crippen molar-refractivity contribution in [2.45, 2.75) is 31.7 Å². The Kier molecular flexibility index (Phi) is 4.58. The highest BCUT2D eigenvalue weighted by atomic mass is 16.3. The van der Waals surface area contributed by atoms with Crippen LogP contribution in [0.2, 0.25) is 0 Å². The molecule has 0 aliphatic carbocycles. The van der Waals surface area contributed by atoms with Gasteiger partial charge in [0.1, 0.15) is 0 Å². The van der Waals surface area contributed by atoms with E-state index in [2.05, 4.69) is 4.90 Å². The van der Waals surface area contributed by atoms with Crippen LogP contribution in [0, 0.1) is 0 Å². The SMILES string of the molecule is NC(CCO)CN1CCCCC1. The van der Waals surface area contributed by atoms with E-state index in [1.54, 1.807) is 0 Å². The van der Waals surface area contributed by atoms with Gasteiger partial charge in [0, 0.05) is 19.2 Å². The molecule has 1 heterocycles. The van der Waals surface area contributed by atoms with E-state index in [1.807, 2.05) is 0 Å². The van der Waals surface area contributed by atoms with Crippen molar-refractivity contribution < 1.29 is 5.11 Å². The lowest BCUT2D eigenvalue weighted by Crippen LogP contribution is -2.40. The molecular formula is C9H20N2O. The Balaban J connectivity index is 2.11. The van der Waals surface area contributed by atoms with Gasteiger partial charge in [0.2, 0.25) is 0 Å². The molecule has 1 atom stereocenters. The molecule has 1 saturated heterocycles. The van der Waals surface area contributed by atoms with Crippen LogP contribution in [0.15, 0.2) is 0 Å². The zero-order chi connectivity index (χ0) is 8.81. The number of hydrogen-bond acceptors (Lipinski definition) is 3. The topological polar surface area (TPSA) is 49.5 Å². The Morgan fingerprint density at radius 3 is 2.50 bits per heavy atom. The van der Waals surface area contributed by atoms with Crippen molar-refractivity contribution in [3.63, 3.8) is 0 Å². The van der Waals surface area contributed by atoms with E-state index in [9.17, 15) is 0 Å². The minimum Gasteiger partial charge on any atom is -0.396 e. The van der Waals surface area contributed by atoms with Gasteiger partial charge >= 0.3 is 0 Å². The third-order valence-corrected chi connectivity index (χ3v) is 2.44. The van der Waals surface area contributed by atoms with Crippen molar-refractivity contribution in [1.29, 1.82) is 0 Å². The van der Waals surface area contributed by atoms with E-state index < -0.39 is 0 Å². The van der Waals surface area contributed by atoms with Gasteiger partial charge in [-0.25, -0.2) is 0 Å². The molecule has 0 aromatic carbocycles. The van der Waals surface area contributed by atoms with Crippen molar-refractivity contribution >= 4 is 0 Å². The lowest BCUT2D eigenvalue weighted by Gasteiger charge is -2.28. The van der Waals surface area contributed by atoms with Crippen molar-refractivity contribution in [2.24, 2.45) is 5.73 Å². The van der Waals surface area contributed by atoms with E-state index in [1.165, 1.54) is 32.4 Å². The molecule has 0 spiro atoms. The van der Waals surface area contributed by atoms with E-state index in [4.69, 9.17) is 10.8 Å². The smallest absolute Gasteiger partial charge is 0.0446 e. The Hall–Kier alpha value is -0.120. The molecule has 0 bridgehead atoms. The third kappa shape index (κ3) is 3.52. The molecule has 0 aromatic rings. The average Bonchev–Trinajstić information content (AvgIpc) is 2.06. The van der Waals surface area contributed by atoms with Crippen LogP contribution >= 0.6 is 0 Å². The summed E-state index contributed by atoms with van der Waals surface area (Å²) in [5, 5.41) is 8.67. The van der Waals surface area contributed by atoms with Gasteiger partial charge in [0.05, 0.1) is 0 Å². The molecule has 1 fully saturated rings. The predicted octanol–water partition coefficient (Wildman–Crippen LogP) is 0.182. The van der Waals surface area contributed by atoms with Crippen molar-refractivity contribution in [3.05, 3.63) is 0 Å². The zero-order valence-corrected chi connectivity index (χ0v) is 7.71. The Labute approximate surface area is 74.5 Å². The molecule has 0 saturated carbocycles. The van der Waals surface area contributed by atoms with Gasteiger partial charge in [-0.2, -0.15) is 0 Å². The average molecular weight is 172 g/mol. The lowest BCUT2D eigenvalue weighted by atomic mass is 10.1. The first kappa shape index (κ1) is 9.96. The second-order valence-electron chi connectivity index (χ2n) is 3.63. The van der Waals surface area contributed by atoms with Crippen LogP contribution < -0.4 is 5.73 Å². The molecule has 1 unspecified atom stereocenters. The summed E-state index contributed by atoms with van der Waals surface area (Å²) >= 11 is 0. The van der Waals surface area contributed by atoms with Gasteiger partial charge in [-0.3, -0.25) is 0 Å². The van der Waals surface area contributed by atoms with Crippen LogP contribution in [0.3, 0.4) is 0 Å². The number of piperidine rings is 1. The number of aliphatic hydroxyl groups is 1. The minimum atomic E-state index is 0.160. The first-order valence-electron chi connectivity index (χ1n) is 4.91. The zero-order valence-electron chi connectivity index (χ0n) is 7.71. The van der Waals surface area contributed by atoms with Gasteiger partial charge in [-0.05, 0) is 32.4 Å². The van der Waals surface area contributed by atoms with Gasteiger partial charge in [-0.15, -0.1) is 0 Å². The van der Waals surface area contributed by atoms with E-state index >= 15 is 0 Å². The van der Waals surface area contributed by atoms with E-state index in [0.717, 1.165) is 13.0 Å². The summed E-state index contributed by atoms with van der Waals surface area (Å²) in [5.41, 5.74) is 5.81. The highest BCUT2D eigenvalue weighted by Gasteiger charge is 2.12. The molecule has 72 valence electrons. The maximum Gasteiger partial charge on any atom is 0.0446 e. The number of rotatable bonds is 4. The minimum absolute atomic E-state index is 0.160. The molecule has 0 radical (unpaired) electrons. The molecule has 0 amide bonds. The monoisotopic (exact) mass is 172 g/mol. The van der Waals surface area contributed by atoms with Crippen LogP contribution in [0.5, 0.6) is 0 Å². The normalized spacial score (nSPS) is 22.5. The standard InChI is InChI=1S/C9H20N2O/c10-9(4-7-12)8-11-5-2-1-3-6-11/h9,12H,1-8,10H2. The predicted molar refractivity (Wildman–Crippen MR) is 50.0 cm³/mol. The molecule has 3 nitrogen and oxygen atoms in total. The quantitative estimate of drug-likeness (QED) is 0.636. The molecule has 1 aliphatic rings. The molecule has 3 heteroatoms. The molecule has 0 aromatic heterocycles. The fraction of sp³-hybridized carbons (Fsp3) is 1.00. The van der Waals surface area contributed by atoms with Gasteiger partial charge in [0.15, 0.2) is 0 Å². The Morgan fingerprint density at radius 1 is 1.25 bits per heavy atom. The summed E-state index contributed by atoms with van der Waals surface area (Å²) in [6, 6.07) is 0.160. The van der Waals surface area contributed by atoms with Crippen LogP contribution in [0.25, 0.3) is 0 Å². The van der Waals surface area contributed by atoms with Gasteiger partial charge in [0.25, 0.3) is 0 Å². The first-order chi connectivity index (χ1) is 5.83. The molecule has 1 aliphatic heterocycles. The Morgan fingerprint density at radius 2 is 1.92 bits per heavy atom. The van der Waals surface area contributed by atoms with E-state index in [0.29, 0.717) is 0 Å². The summed E-state index contributed by atoms with van der Waals surface area (Å²) in [4.78, 5) is 2.41. The van der Waals surface area contributed by atoms with Crippen LogP contribution in [0.4, 0.5) is 0 Å². The highest BCUT2D eigenvalue weighted by Crippen LogP contribution is 2.08. The number of nitrogens with two attached hydrogens (primary N) is 1. The Bertz CT molecular complexity index is 113. The summed E-state index contributed by atoms with van der Waals surface area (Å²) in [5.74, 6) is 0. The maximum absolute atomic E-state index is 8.67. The molecule has 1 rings (SSSR count). The number of likely N-dealkylation sites (tertiary alicyclic amines) is 1. The lowest BCUT2D eigenvalue weighted by molar-refractivity contribution is 0.198. The van der Waals surface area contributed by atoms with Crippen LogP contribution in [-0.4, -0.2) is 42.3 Å². The second-order valence-corrected chi connectivity index (χ2v) is 3.63. The van der Waals surface area contributed by atoms with Crippen molar-refractivity contribution in [1.82, 2.24) is 4.90 Å². The van der Waals surface area contributed by atoms with Crippen LogP contribution in [0.1, 0.15) is 25.7 Å². The first-order valence-corrected chi connectivity index (χ1v) is 4.91. The highest BCUT2D eigenvalue weighted by molar-refractivity contribution is 4.71. The summed E-state index contributed by atoms with van der Waals surface area (Å²) in [7, 11) is 0. The van der Waals surface area contributed by atoms with Crippen molar-refractivity contribution in [3.8, 4) is 0 Å². The summed E-state index contributed by atoms with van der Waals surface area (Å²) in [6.07, 6.45) is 4.72. The van der Waals surface area contributed by atoms with Gasteiger partial charge in [-0.1, -0.05) is 6.42 Å². The molecule has 3 N–H and O–H groups in total. The largest absolute Gasteiger partial charge is 0.396 e. The number of nitrogens with zero attached hydrogens (tertiary/aromatic N) is 1. The summed E-state index contributed by atoms with van der Waals surface area (Å²) < 4.78 is 0. The van der Waals surface area contributed by atoms with Crippen LogP contribution in [-0.2, 0) is 0 Å². The second kappa shape index (κ2) is 5.51. The fourth-order valence-electron chi connectivity index (χ4n) is 1.73. The third-order valence-electron chi connectivity index (χ3n) is 2.44. The molecular weight excluding hydrogens is 152 g/mol. The summed E-state index contributed by atoms with van der Waals surface area (Å²) in [6.45, 7) is 3.56. The van der Waals surface area contributed by atoms with Crippen molar-refractivity contribution in [2.75, 3.05) is 26.2 Å². The number of hydrogen-bond donors (Lipinski definition) is 2. The van der Waals surface area contributed by atoms with Gasteiger partial charge < -0.3 is 15.7 Å². The fourth-order valence-corrected chi connectivity index (χ4v) is 1.73. The maximum atomic E-state index is 8.67. The number of aliphatic hydroxyl groups excluding tert-OH is 1. The molecule has 12 heavy (non-hydrogen) atoms.